The first-order chi connectivity index (χ1) is 10.1. The van der Waals surface area contributed by atoms with Gasteiger partial charge in [0, 0.05) is 12.4 Å². The molecular weight excluding hydrogens is 300 g/mol. The average molecular weight is 323 g/mol. The van der Waals surface area contributed by atoms with E-state index < -0.39 is 6.04 Å². The zero-order valence-corrected chi connectivity index (χ0v) is 13.7. The molecule has 0 radical (unpaired) electrons. The molecule has 22 heavy (non-hydrogen) atoms. The summed E-state index contributed by atoms with van der Waals surface area (Å²) in [5.74, 6) is -0.111. The molecule has 0 spiro atoms. The third kappa shape index (κ3) is 4.32. The lowest BCUT2D eigenvalue weighted by molar-refractivity contribution is -0.123. The summed E-state index contributed by atoms with van der Waals surface area (Å²) in [6, 6.07) is 9.19. The second kappa shape index (κ2) is 8.56. The van der Waals surface area contributed by atoms with Crippen LogP contribution in [-0.2, 0) is 4.79 Å². The van der Waals surface area contributed by atoms with Crippen molar-refractivity contribution >= 4 is 18.3 Å². The van der Waals surface area contributed by atoms with Crippen LogP contribution in [0.3, 0.4) is 0 Å². The largest absolute Gasteiger partial charge is 0.348 e. The lowest BCUT2D eigenvalue weighted by Crippen LogP contribution is -2.41. The summed E-state index contributed by atoms with van der Waals surface area (Å²) >= 11 is 0. The van der Waals surface area contributed by atoms with Crippen molar-refractivity contribution in [1.82, 2.24) is 15.1 Å². The minimum absolute atomic E-state index is 0. The predicted molar refractivity (Wildman–Crippen MR) is 90.3 cm³/mol. The molecule has 0 saturated heterocycles. The Balaban J connectivity index is 0.00000242. The molecule has 2 atom stereocenters. The maximum Gasteiger partial charge on any atom is 0.237 e. The van der Waals surface area contributed by atoms with Gasteiger partial charge in [0.2, 0.25) is 5.91 Å². The Morgan fingerprint density at radius 1 is 1.36 bits per heavy atom. The third-order valence-electron chi connectivity index (χ3n) is 3.45. The van der Waals surface area contributed by atoms with E-state index in [1.807, 2.05) is 50.4 Å². The smallest absolute Gasteiger partial charge is 0.237 e. The Morgan fingerprint density at radius 3 is 2.73 bits per heavy atom. The van der Waals surface area contributed by atoms with Crippen LogP contribution < -0.4 is 11.1 Å². The van der Waals surface area contributed by atoms with Crippen LogP contribution in [0.4, 0.5) is 0 Å². The molecule has 2 unspecified atom stereocenters. The molecule has 0 aliphatic heterocycles. The van der Waals surface area contributed by atoms with Crippen molar-refractivity contribution in [3.63, 3.8) is 0 Å². The molecule has 1 aromatic carbocycles. The highest BCUT2D eigenvalue weighted by Gasteiger charge is 2.18. The van der Waals surface area contributed by atoms with Gasteiger partial charge in [-0.2, -0.15) is 5.10 Å². The Hall–Kier alpha value is -1.85. The van der Waals surface area contributed by atoms with Crippen LogP contribution in [0, 0.1) is 0 Å². The van der Waals surface area contributed by atoms with Crippen molar-refractivity contribution in [2.24, 2.45) is 5.73 Å². The molecular formula is C16H23ClN4O. The Morgan fingerprint density at radius 2 is 2.09 bits per heavy atom. The number of carbonyl (C=O) groups is 1. The number of nitrogens with one attached hydrogen (secondary N) is 1. The Kier molecular flexibility index (Phi) is 7.08. The average Bonchev–Trinajstić information content (AvgIpc) is 3.01. The zero-order valence-electron chi connectivity index (χ0n) is 12.9. The fourth-order valence-corrected chi connectivity index (χ4v) is 2.31. The SMILES string of the molecule is CCCC(N)C(=O)NC(C)c1ccccc1-n1cccn1.Cl. The van der Waals surface area contributed by atoms with Gasteiger partial charge in [0.25, 0.3) is 0 Å². The van der Waals surface area contributed by atoms with Gasteiger partial charge in [0.05, 0.1) is 17.8 Å². The van der Waals surface area contributed by atoms with E-state index in [4.69, 9.17) is 5.73 Å². The first kappa shape index (κ1) is 18.2. The van der Waals surface area contributed by atoms with Crippen molar-refractivity contribution in [2.75, 3.05) is 0 Å². The van der Waals surface area contributed by atoms with Gasteiger partial charge in [-0.15, -0.1) is 12.4 Å². The minimum Gasteiger partial charge on any atom is -0.348 e. The molecule has 120 valence electrons. The highest BCUT2D eigenvalue weighted by Crippen LogP contribution is 2.21. The summed E-state index contributed by atoms with van der Waals surface area (Å²) in [6.07, 6.45) is 5.21. The lowest BCUT2D eigenvalue weighted by atomic mass is 10.0. The number of hydrogen-bond acceptors (Lipinski definition) is 3. The summed E-state index contributed by atoms with van der Waals surface area (Å²) in [6.45, 7) is 3.97. The molecule has 3 N–H and O–H groups in total. The topological polar surface area (TPSA) is 72.9 Å². The molecule has 0 saturated carbocycles. The van der Waals surface area contributed by atoms with Gasteiger partial charge in [0.1, 0.15) is 0 Å². The standard InChI is InChI=1S/C16H22N4O.ClH/c1-3-7-14(17)16(21)19-12(2)13-8-4-5-9-15(13)20-11-6-10-18-20;/h4-6,8-12,14H,3,7,17H2,1-2H3,(H,19,21);1H. The third-order valence-corrected chi connectivity index (χ3v) is 3.45. The van der Waals surface area contributed by atoms with Gasteiger partial charge >= 0.3 is 0 Å². The molecule has 1 heterocycles. The van der Waals surface area contributed by atoms with Crippen LogP contribution in [0.1, 0.15) is 38.3 Å². The van der Waals surface area contributed by atoms with Crippen molar-refractivity contribution in [3.8, 4) is 5.69 Å². The van der Waals surface area contributed by atoms with Crippen LogP contribution >= 0.6 is 12.4 Å². The van der Waals surface area contributed by atoms with E-state index in [0.717, 1.165) is 17.7 Å². The fourth-order valence-electron chi connectivity index (χ4n) is 2.31. The lowest BCUT2D eigenvalue weighted by Gasteiger charge is -2.20. The summed E-state index contributed by atoms with van der Waals surface area (Å²) in [5, 5.41) is 7.23. The number of benzene rings is 1. The van der Waals surface area contributed by atoms with Crippen LogP contribution in [0.15, 0.2) is 42.7 Å². The van der Waals surface area contributed by atoms with Crippen LogP contribution in [0.5, 0.6) is 0 Å². The number of para-hydroxylation sites is 1. The minimum atomic E-state index is -0.450. The maximum atomic E-state index is 12.1. The van der Waals surface area contributed by atoms with E-state index in [9.17, 15) is 4.79 Å². The van der Waals surface area contributed by atoms with Gasteiger partial charge in [-0.3, -0.25) is 4.79 Å². The van der Waals surface area contributed by atoms with Gasteiger partial charge in [-0.1, -0.05) is 31.5 Å². The Bertz CT molecular complexity index is 586. The van der Waals surface area contributed by atoms with Gasteiger partial charge in [-0.05, 0) is 31.0 Å². The van der Waals surface area contributed by atoms with Gasteiger partial charge in [0.15, 0.2) is 0 Å². The molecule has 2 aromatic rings. The van der Waals surface area contributed by atoms with Gasteiger partial charge in [-0.25, -0.2) is 4.68 Å². The molecule has 6 heteroatoms. The quantitative estimate of drug-likeness (QED) is 0.858. The van der Waals surface area contributed by atoms with Crippen LogP contribution in [0.2, 0.25) is 0 Å². The van der Waals surface area contributed by atoms with E-state index in [0.29, 0.717) is 6.42 Å². The van der Waals surface area contributed by atoms with E-state index >= 15 is 0 Å². The molecule has 2 rings (SSSR count). The van der Waals surface area contributed by atoms with Crippen molar-refractivity contribution < 1.29 is 4.79 Å². The Labute approximate surface area is 137 Å². The van der Waals surface area contributed by atoms with E-state index in [1.165, 1.54) is 0 Å². The molecule has 0 bridgehead atoms. The highest BCUT2D eigenvalue weighted by atomic mass is 35.5. The number of nitrogens with zero attached hydrogens (tertiary/aromatic N) is 2. The number of rotatable bonds is 6. The monoisotopic (exact) mass is 322 g/mol. The first-order valence-electron chi connectivity index (χ1n) is 7.28. The summed E-state index contributed by atoms with van der Waals surface area (Å²) < 4.78 is 1.80. The molecule has 1 amide bonds. The number of amides is 1. The molecule has 0 aliphatic carbocycles. The number of nitrogens with two attached hydrogens (primary N) is 1. The van der Waals surface area contributed by atoms with Crippen LogP contribution in [0.25, 0.3) is 5.69 Å². The molecule has 0 aliphatic rings. The summed E-state index contributed by atoms with van der Waals surface area (Å²) in [4.78, 5) is 12.1. The van der Waals surface area contributed by atoms with Crippen LogP contribution in [-0.4, -0.2) is 21.7 Å². The van der Waals surface area contributed by atoms with E-state index in [1.54, 1.807) is 10.9 Å². The van der Waals surface area contributed by atoms with Crippen molar-refractivity contribution in [2.45, 2.75) is 38.8 Å². The normalized spacial score (nSPS) is 13.0. The van der Waals surface area contributed by atoms with Crippen molar-refractivity contribution in [3.05, 3.63) is 48.3 Å². The first-order valence-corrected chi connectivity index (χ1v) is 7.28. The number of aromatic nitrogens is 2. The molecule has 0 fully saturated rings. The maximum absolute atomic E-state index is 12.1. The second-order valence-corrected chi connectivity index (χ2v) is 5.13. The predicted octanol–water partition coefficient (Wildman–Crippen LogP) is 2.60. The highest BCUT2D eigenvalue weighted by molar-refractivity contribution is 5.85. The van der Waals surface area contributed by atoms with E-state index in [-0.39, 0.29) is 24.4 Å². The zero-order chi connectivity index (χ0) is 15.2. The van der Waals surface area contributed by atoms with Crippen molar-refractivity contribution in [1.29, 1.82) is 0 Å². The number of halogens is 1. The molecule has 1 aromatic heterocycles. The molecule has 5 nitrogen and oxygen atoms in total. The number of hydrogen-bond donors (Lipinski definition) is 2. The summed E-state index contributed by atoms with van der Waals surface area (Å²) in [7, 11) is 0. The van der Waals surface area contributed by atoms with E-state index in [2.05, 4.69) is 10.4 Å². The summed E-state index contributed by atoms with van der Waals surface area (Å²) in [5.41, 5.74) is 7.83. The second-order valence-electron chi connectivity index (χ2n) is 5.13. The fraction of sp³-hybridized carbons (Fsp3) is 0.375. The van der Waals surface area contributed by atoms with Gasteiger partial charge < -0.3 is 11.1 Å². The number of carbonyl (C=O) groups excluding carboxylic acids is 1.